The van der Waals surface area contributed by atoms with Gasteiger partial charge in [0.25, 0.3) is 0 Å². The highest BCUT2D eigenvalue weighted by Gasteiger charge is 2.34. The van der Waals surface area contributed by atoms with Crippen molar-refractivity contribution < 1.29 is 14.7 Å². The van der Waals surface area contributed by atoms with Gasteiger partial charge in [0, 0.05) is 6.54 Å². The molecule has 0 saturated heterocycles. The molecule has 2 amide bonds. The highest BCUT2D eigenvalue weighted by atomic mass is 16.7. The molecule has 5 heteroatoms. The third kappa shape index (κ3) is 3.09. The summed E-state index contributed by atoms with van der Waals surface area (Å²) in [6.07, 6.45) is 7.14. The van der Waals surface area contributed by atoms with Gasteiger partial charge in [-0.3, -0.25) is 4.84 Å². The lowest BCUT2D eigenvalue weighted by atomic mass is 9.80. The molecule has 16 heavy (non-hydrogen) atoms. The van der Waals surface area contributed by atoms with Crippen LogP contribution in [0.25, 0.3) is 0 Å². The minimum atomic E-state index is -0.676. The van der Waals surface area contributed by atoms with Crippen LogP contribution in [0.2, 0.25) is 0 Å². The number of urea groups is 1. The van der Waals surface area contributed by atoms with Crippen LogP contribution in [0, 0.1) is 0 Å². The van der Waals surface area contributed by atoms with E-state index < -0.39 is 5.60 Å². The molecule has 0 atom stereocenters. The average Bonchev–Trinajstić information content (AvgIpc) is 2.73. The summed E-state index contributed by atoms with van der Waals surface area (Å²) in [7, 11) is 0. The van der Waals surface area contributed by atoms with E-state index in [0.29, 0.717) is 6.54 Å². The van der Waals surface area contributed by atoms with Crippen LogP contribution in [0.1, 0.15) is 44.9 Å². The second kappa shape index (κ2) is 5.01. The number of carbonyl (C=O) groups is 1. The Morgan fingerprint density at radius 3 is 2.56 bits per heavy atom. The summed E-state index contributed by atoms with van der Waals surface area (Å²) in [5.41, 5.74) is 1.71. The first-order chi connectivity index (χ1) is 7.68. The van der Waals surface area contributed by atoms with E-state index in [1.54, 1.807) is 0 Å². The summed E-state index contributed by atoms with van der Waals surface area (Å²) in [5.74, 6) is 0. The lowest BCUT2D eigenvalue weighted by Gasteiger charge is -2.36. The molecule has 0 unspecified atom stereocenters. The van der Waals surface area contributed by atoms with Gasteiger partial charge >= 0.3 is 6.03 Å². The molecule has 5 nitrogen and oxygen atoms in total. The predicted molar refractivity (Wildman–Crippen MR) is 58.7 cm³/mol. The standard InChI is InChI=1S/C11H20N2O3/c14-10(12-8-11(15)6-3-7-11)13-16-9-4-1-2-5-9/h9,15H,1-8H2,(H2,12,13,14). The summed E-state index contributed by atoms with van der Waals surface area (Å²) >= 11 is 0. The van der Waals surface area contributed by atoms with Gasteiger partial charge in [0.05, 0.1) is 11.7 Å². The van der Waals surface area contributed by atoms with Crippen LogP contribution in [0.15, 0.2) is 0 Å². The Kier molecular flexibility index (Phi) is 3.66. The van der Waals surface area contributed by atoms with Crippen molar-refractivity contribution in [3.05, 3.63) is 0 Å². The van der Waals surface area contributed by atoms with Crippen LogP contribution in [-0.2, 0) is 4.84 Å². The zero-order chi connectivity index (χ0) is 11.4. The van der Waals surface area contributed by atoms with E-state index in [1.165, 1.54) is 12.8 Å². The Morgan fingerprint density at radius 1 is 1.31 bits per heavy atom. The number of hydrogen-bond donors (Lipinski definition) is 3. The number of amides is 2. The molecule has 2 aliphatic rings. The number of nitrogens with one attached hydrogen (secondary N) is 2. The molecule has 0 radical (unpaired) electrons. The van der Waals surface area contributed by atoms with Crippen molar-refractivity contribution in [3.63, 3.8) is 0 Å². The lowest BCUT2D eigenvalue weighted by molar-refractivity contribution is -0.0331. The van der Waals surface area contributed by atoms with Crippen LogP contribution in [-0.4, -0.2) is 29.4 Å². The number of rotatable bonds is 4. The van der Waals surface area contributed by atoms with Crippen LogP contribution < -0.4 is 10.8 Å². The second-order valence-corrected chi connectivity index (χ2v) is 4.89. The molecule has 2 saturated carbocycles. The van der Waals surface area contributed by atoms with E-state index in [1.807, 2.05) is 0 Å². The maximum absolute atomic E-state index is 11.3. The summed E-state index contributed by atoms with van der Waals surface area (Å²) in [6, 6.07) is -0.354. The third-order valence-corrected chi connectivity index (χ3v) is 3.48. The SMILES string of the molecule is O=C(NCC1(O)CCC1)NOC1CCCC1. The normalized spacial score (nSPS) is 23.8. The molecule has 3 N–H and O–H groups in total. The predicted octanol–water partition coefficient (Wildman–Crippen LogP) is 1.07. The van der Waals surface area contributed by atoms with E-state index in [-0.39, 0.29) is 12.1 Å². The number of carbonyl (C=O) groups excluding carboxylic acids is 1. The molecule has 2 rings (SSSR count). The molecule has 0 bridgehead atoms. The van der Waals surface area contributed by atoms with Gasteiger partial charge in [-0.1, -0.05) is 12.8 Å². The van der Waals surface area contributed by atoms with E-state index in [4.69, 9.17) is 4.84 Å². The maximum Gasteiger partial charge on any atom is 0.338 e. The summed E-state index contributed by atoms with van der Waals surface area (Å²) in [6.45, 7) is 0.312. The van der Waals surface area contributed by atoms with Gasteiger partial charge in [-0.05, 0) is 32.1 Å². The van der Waals surface area contributed by atoms with Crippen molar-refractivity contribution in [2.45, 2.75) is 56.7 Å². The number of aliphatic hydroxyl groups is 1. The zero-order valence-corrected chi connectivity index (χ0v) is 9.50. The van der Waals surface area contributed by atoms with Crippen LogP contribution in [0.3, 0.4) is 0 Å². The Bertz CT molecular complexity index is 248. The van der Waals surface area contributed by atoms with Crippen LogP contribution in [0.4, 0.5) is 4.79 Å². The van der Waals surface area contributed by atoms with Gasteiger partial charge in [-0.2, -0.15) is 0 Å². The van der Waals surface area contributed by atoms with Crippen molar-refractivity contribution in [1.82, 2.24) is 10.8 Å². The van der Waals surface area contributed by atoms with Crippen molar-refractivity contribution in [3.8, 4) is 0 Å². The second-order valence-electron chi connectivity index (χ2n) is 4.89. The molecule has 0 aromatic carbocycles. The minimum absolute atomic E-state index is 0.164. The lowest BCUT2D eigenvalue weighted by Crippen LogP contribution is -2.50. The van der Waals surface area contributed by atoms with Gasteiger partial charge in [0.15, 0.2) is 0 Å². The van der Waals surface area contributed by atoms with Crippen molar-refractivity contribution in [1.29, 1.82) is 0 Å². The molecular weight excluding hydrogens is 208 g/mol. The molecule has 0 aromatic rings. The first-order valence-electron chi connectivity index (χ1n) is 6.10. The van der Waals surface area contributed by atoms with E-state index in [2.05, 4.69) is 10.8 Å². The van der Waals surface area contributed by atoms with Gasteiger partial charge in [0.2, 0.25) is 0 Å². The highest BCUT2D eigenvalue weighted by Crippen LogP contribution is 2.30. The fourth-order valence-electron chi connectivity index (χ4n) is 2.19. The molecule has 2 aliphatic carbocycles. The van der Waals surface area contributed by atoms with Gasteiger partial charge in [0.1, 0.15) is 0 Å². The van der Waals surface area contributed by atoms with Crippen molar-refractivity contribution in [2.24, 2.45) is 0 Å². The average molecular weight is 228 g/mol. The van der Waals surface area contributed by atoms with Crippen molar-refractivity contribution >= 4 is 6.03 Å². The quantitative estimate of drug-likeness (QED) is 0.630. The van der Waals surface area contributed by atoms with Gasteiger partial charge in [-0.15, -0.1) is 0 Å². The molecule has 0 aromatic heterocycles. The zero-order valence-electron chi connectivity index (χ0n) is 9.50. The van der Waals surface area contributed by atoms with Gasteiger partial charge < -0.3 is 10.4 Å². The minimum Gasteiger partial charge on any atom is -0.388 e. The van der Waals surface area contributed by atoms with Gasteiger partial charge in [-0.25, -0.2) is 10.3 Å². The number of hydroxylamine groups is 1. The molecule has 2 fully saturated rings. The fraction of sp³-hybridized carbons (Fsp3) is 0.909. The van der Waals surface area contributed by atoms with E-state index >= 15 is 0 Å². The molecule has 0 spiro atoms. The number of hydrogen-bond acceptors (Lipinski definition) is 3. The first-order valence-corrected chi connectivity index (χ1v) is 6.10. The highest BCUT2D eigenvalue weighted by molar-refractivity contribution is 5.72. The summed E-state index contributed by atoms with van der Waals surface area (Å²) < 4.78 is 0. The largest absolute Gasteiger partial charge is 0.388 e. The Balaban J connectivity index is 1.57. The fourth-order valence-corrected chi connectivity index (χ4v) is 2.19. The molecule has 0 heterocycles. The van der Waals surface area contributed by atoms with Crippen molar-refractivity contribution in [2.75, 3.05) is 6.54 Å². The molecule has 0 aliphatic heterocycles. The Hall–Kier alpha value is -0.810. The molecule has 92 valence electrons. The Labute approximate surface area is 95.5 Å². The van der Waals surface area contributed by atoms with E-state index in [9.17, 15) is 9.90 Å². The third-order valence-electron chi connectivity index (χ3n) is 3.48. The topological polar surface area (TPSA) is 70.6 Å². The molecular formula is C11H20N2O3. The van der Waals surface area contributed by atoms with Crippen LogP contribution in [0.5, 0.6) is 0 Å². The van der Waals surface area contributed by atoms with E-state index in [0.717, 1.165) is 32.1 Å². The Morgan fingerprint density at radius 2 is 2.00 bits per heavy atom. The summed E-state index contributed by atoms with van der Waals surface area (Å²) in [4.78, 5) is 16.6. The smallest absolute Gasteiger partial charge is 0.338 e. The van der Waals surface area contributed by atoms with Crippen LogP contribution >= 0.6 is 0 Å². The maximum atomic E-state index is 11.3. The summed E-state index contributed by atoms with van der Waals surface area (Å²) in [5, 5.41) is 12.4. The monoisotopic (exact) mass is 228 g/mol. The first kappa shape index (κ1) is 11.7.